The summed E-state index contributed by atoms with van der Waals surface area (Å²) in [7, 11) is 1.73. The van der Waals surface area contributed by atoms with Crippen molar-refractivity contribution in [2.45, 2.75) is 12.8 Å². The Hall–Kier alpha value is -1.60. The molecular formula is C11H20N6O. The van der Waals surface area contributed by atoms with E-state index in [1.54, 1.807) is 7.11 Å². The van der Waals surface area contributed by atoms with Crippen LogP contribution in [0.1, 0.15) is 12.8 Å². The number of hydrogen-bond acceptors (Lipinski definition) is 7. The van der Waals surface area contributed by atoms with E-state index in [0.717, 1.165) is 31.9 Å². The summed E-state index contributed by atoms with van der Waals surface area (Å²) in [6.45, 7) is 2.67. The first-order valence-electron chi connectivity index (χ1n) is 6.08. The number of rotatable bonds is 4. The molecule has 0 bridgehead atoms. The summed E-state index contributed by atoms with van der Waals surface area (Å²) >= 11 is 0. The van der Waals surface area contributed by atoms with Crippen molar-refractivity contribution in [3.8, 4) is 0 Å². The largest absolute Gasteiger partial charge is 0.384 e. The summed E-state index contributed by atoms with van der Waals surface area (Å²) in [5, 5.41) is 0. The number of nitrogen functional groups attached to an aromatic ring is 2. The first-order chi connectivity index (χ1) is 8.72. The SMILES string of the molecule is COCC1CCCN(c2cc(NN)nc(N)n2)C1. The van der Waals surface area contributed by atoms with Crippen LogP contribution in [0.2, 0.25) is 0 Å². The number of ether oxygens (including phenoxy) is 1. The van der Waals surface area contributed by atoms with Gasteiger partial charge in [0.25, 0.3) is 0 Å². The molecule has 0 amide bonds. The zero-order chi connectivity index (χ0) is 13.0. The maximum absolute atomic E-state index is 5.67. The van der Waals surface area contributed by atoms with Crippen molar-refractivity contribution in [3.05, 3.63) is 6.07 Å². The molecule has 0 aromatic carbocycles. The second-order valence-corrected chi connectivity index (χ2v) is 4.52. The van der Waals surface area contributed by atoms with Gasteiger partial charge in [0.1, 0.15) is 11.6 Å². The molecule has 2 heterocycles. The Morgan fingerprint density at radius 3 is 3.11 bits per heavy atom. The molecule has 18 heavy (non-hydrogen) atoms. The summed E-state index contributed by atoms with van der Waals surface area (Å²) in [5.41, 5.74) is 8.17. The summed E-state index contributed by atoms with van der Waals surface area (Å²) in [6.07, 6.45) is 2.32. The highest BCUT2D eigenvalue weighted by atomic mass is 16.5. The number of aromatic nitrogens is 2. The number of hydrazine groups is 1. The number of anilines is 3. The van der Waals surface area contributed by atoms with Crippen LogP contribution < -0.4 is 21.9 Å². The molecule has 1 aromatic rings. The highest BCUT2D eigenvalue weighted by Crippen LogP contribution is 2.23. The van der Waals surface area contributed by atoms with E-state index in [1.165, 1.54) is 6.42 Å². The molecule has 1 fully saturated rings. The highest BCUT2D eigenvalue weighted by Gasteiger charge is 2.21. The van der Waals surface area contributed by atoms with Gasteiger partial charge in [-0.25, -0.2) is 5.84 Å². The van der Waals surface area contributed by atoms with Gasteiger partial charge in [-0.15, -0.1) is 0 Å². The Balaban J connectivity index is 2.12. The molecule has 100 valence electrons. The van der Waals surface area contributed by atoms with Gasteiger partial charge in [-0.1, -0.05) is 0 Å². The van der Waals surface area contributed by atoms with Crippen molar-refractivity contribution in [2.24, 2.45) is 11.8 Å². The third-order valence-corrected chi connectivity index (χ3v) is 3.12. The number of hydrogen-bond donors (Lipinski definition) is 3. The number of nitrogens with two attached hydrogens (primary N) is 2. The molecule has 5 N–H and O–H groups in total. The van der Waals surface area contributed by atoms with Crippen LogP contribution in [0.25, 0.3) is 0 Å². The average Bonchev–Trinajstić information content (AvgIpc) is 2.39. The van der Waals surface area contributed by atoms with Crippen LogP contribution in [0.3, 0.4) is 0 Å². The smallest absolute Gasteiger partial charge is 0.223 e. The lowest BCUT2D eigenvalue weighted by Gasteiger charge is -2.33. The second kappa shape index (κ2) is 5.83. The molecule has 1 aromatic heterocycles. The van der Waals surface area contributed by atoms with E-state index in [2.05, 4.69) is 20.3 Å². The lowest BCUT2D eigenvalue weighted by molar-refractivity contribution is 0.143. The molecule has 1 unspecified atom stereocenters. The molecule has 1 aliphatic heterocycles. The predicted octanol–water partition coefficient (Wildman–Crippen LogP) is 0.207. The van der Waals surface area contributed by atoms with Crippen LogP contribution >= 0.6 is 0 Å². The van der Waals surface area contributed by atoms with E-state index in [1.807, 2.05) is 6.07 Å². The normalized spacial score (nSPS) is 19.9. The van der Waals surface area contributed by atoms with Gasteiger partial charge in [-0.05, 0) is 18.8 Å². The Bertz CT molecular complexity index is 397. The molecule has 0 saturated carbocycles. The minimum atomic E-state index is 0.231. The van der Waals surface area contributed by atoms with Gasteiger partial charge in [0.15, 0.2) is 0 Å². The minimum absolute atomic E-state index is 0.231. The monoisotopic (exact) mass is 252 g/mol. The van der Waals surface area contributed by atoms with Crippen molar-refractivity contribution in [1.29, 1.82) is 0 Å². The van der Waals surface area contributed by atoms with Crippen LogP contribution in [0, 0.1) is 5.92 Å². The van der Waals surface area contributed by atoms with Crippen molar-refractivity contribution in [2.75, 3.05) is 42.9 Å². The van der Waals surface area contributed by atoms with Gasteiger partial charge in [0, 0.05) is 26.3 Å². The maximum Gasteiger partial charge on any atom is 0.223 e. The van der Waals surface area contributed by atoms with E-state index in [4.69, 9.17) is 16.3 Å². The molecule has 7 heteroatoms. The van der Waals surface area contributed by atoms with Gasteiger partial charge >= 0.3 is 0 Å². The van der Waals surface area contributed by atoms with Gasteiger partial charge < -0.3 is 20.8 Å². The molecule has 0 spiro atoms. The van der Waals surface area contributed by atoms with E-state index in [9.17, 15) is 0 Å². The van der Waals surface area contributed by atoms with E-state index in [0.29, 0.717) is 11.7 Å². The summed E-state index contributed by atoms with van der Waals surface area (Å²) in [6, 6.07) is 1.81. The average molecular weight is 252 g/mol. The minimum Gasteiger partial charge on any atom is -0.384 e. The fourth-order valence-electron chi connectivity index (χ4n) is 2.33. The summed E-state index contributed by atoms with van der Waals surface area (Å²) < 4.78 is 5.22. The van der Waals surface area contributed by atoms with Gasteiger partial charge in [-0.3, -0.25) is 0 Å². The second-order valence-electron chi connectivity index (χ2n) is 4.52. The van der Waals surface area contributed by atoms with Gasteiger partial charge in [-0.2, -0.15) is 9.97 Å². The van der Waals surface area contributed by atoms with Crippen LogP contribution in [-0.4, -0.2) is 36.8 Å². The summed E-state index contributed by atoms with van der Waals surface area (Å²) in [5.74, 6) is 7.47. The third-order valence-electron chi connectivity index (χ3n) is 3.12. The van der Waals surface area contributed by atoms with E-state index < -0.39 is 0 Å². The van der Waals surface area contributed by atoms with Crippen molar-refractivity contribution in [1.82, 2.24) is 9.97 Å². The number of methoxy groups -OCH3 is 1. The van der Waals surface area contributed by atoms with E-state index in [-0.39, 0.29) is 5.95 Å². The van der Waals surface area contributed by atoms with Crippen LogP contribution in [-0.2, 0) is 4.74 Å². The summed E-state index contributed by atoms with van der Waals surface area (Å²) in [4.78, 5) is 10.4. The van der Waals surface area contributed by atoms with Gasteiger partial charge in [0.05, 0.1) is 6.61 Å². The first kappa shape index (κ1) is 12.8. The fraction of sp³-hybridized carbons (Fsp3) is 0.636. The van der Waals surface area contributed by atoms with Crippen LogP contribution in [0.15, 0.2) is 6.07 Å². The molecule has 0 aliphatic carbocycles. The molecule has 7 nitrogen and oxygen atoms in total. The Morgan fingerprint density at radius 2 is 2.39 bits per heavy atom. The topological polar surface area (TPSA) is 102 Å². The quantitative estimate of drug-likeness (QED) is 0.520. The van der Waals surface area contributed by atoms with Crippen molar-refractivity contribution in [3.63, 3.8) is 0 Å². The molecule has 2 rings (SSSR count). The first-order valence-corrected chi connectivity index (χ1v) is 6.08. The Morgan fingerprint density at radius 1 is 1.56 bits per heavy atom. The molecule has 1 aliphatic rings. The molecule has 1 saturated heterocycles. The predicted molar refractivity (Wildman–Crippen MR) is 71.1 cm³/mol. The lowest BCUT2D eigenvalue weighted by Crippen LogP contribution is -2.37. The van der Waals surface area contributed by atoms with E-state index >= 15 is 0 Å². The van der Waals surface area contributed by atoms with Crippen LogP contribution in [0.4, 0.5) is 17.6 Å². The van der Waals surface area contributed by atoms with Crippen molar-refractivity contribution < 1.29 is 4.74 Å². The Kier molecular flexibility index (Phi) is 4.16. The van der Waals surface area contributed by atoms with Gasteiger partial charge in [0.2, 0.25) is 5.95 Å². The highest BCUT2D eigenvalue weighted by molar-refractivity contribution is 5.52. The number of piperidine rings is 1. The zero-order valence-electron chi connectivity index (χ0n) is 10.6. The molecule has 0 radical (unpaired) electrons. The Labute approximate surface area is 106 Å². The number of nitrogens with one attached hydrogen (secondary N) is 1. The lowest BCUT2D eigenvalue weighted by atomic mass is 9.99. The number of nitrogens with zero attached hydrogens (tertiary/aromatic N) is 3. The third kappa shape index (κ3) is 2.99. The van der Waals surface area contributed by atoms with Crippen LogP contribution in [0.5, 0.6) is 0 Å². The maximum atomic E-state index is 5.67. The van der Waals surface area contributed by atoms with Crippen molar-refractivity contribution >= 4 is 17.6 Å². The molecular weight excluding hydrogens is 232 g/mol. The standard InChI is InChI=1S/C11H20N6O/c1-18-7-8-3-2-4-17(6-8)10-5-9(16-13)14-11(12)15-10/h5,8H,2-4,6-7,13H2,1H3,(H3,12,14,15,16). The fourth-order valence-corrected chi connectivity index (χ4v) is 2.33. The zero-order valence-corrected chi connectivity index (χ0v) is 10.6. The molecule has 1 atom stereocenters.